The van der Waals surface area contributed by atoms with E-state index < -0.39 is 0 Å². The Kier molecular flexibility index (Phi) is 7.57. The van der Waals surface area contributed by atoms with E-state index in [1.165, 1.54) is 17.5 Å². The third-order valence-corrected chi connectivity index (χ3v) is 8.12. The second kappa shape index (κ2) is 11.4. The van der Waals surface area contributed by atoms with Crippen LogP contribution in [0, 0.1) is 0 Å². The number of carbonyl (C=O) groups excluding carboxylic acids is 1. The number of benzene rings is 2. The maximum absolute atomic E-state index is 14.0. The lowest BCUT2D eigenvalue weighted by atomic mass is 10.0. The predicted octanol–water partition coefficient (Wildman–Crippen LogP) is 4.40. The van der Waals surface area contributed by atoms with Gasteiger partial charge in [0.2, 0.25) is 0 Å². The molecule has 3 heterocycles. The summed E-state index contributed by atoms with van der Waals surface area (Å²) in [7, 11) is 3.18. The molecular formula is C31H37N3O5. The van der Waals surface area contributed by atoms with Crippen LogP contribution in [0.25, 0.3) is 10.9 Å². The molecular weight excluding hydrogens is 494 g/mol. The lowest BCUT2D eigenvalue weighted by molar-refractivity contribution is 0.0507. The Bertz CT molecular complexity index is 1350. The fourth-order valence-corrected chi connectivity index (χ4v) is 6.06. The van der Waals surface area contributed by atoms with Crippen molar-refractivity contribution in [3.05, 3.63) is 58.7 Å². The smallest absolute Gasteiger partial charge is 0.254 e. The largest absolute Gasteiger partial charge is 0.493 e. The second-order valence-corrected chi connectivity index (χ2v) is 10.6. The molecule has 0 spiro atoms. The Morgan fingerprint density at radius 1 is 1.00 bits per heavy atom. The molecule has 2 fully saturated rings. The number of nitrogens with zero attached hydrogens (tertiary/aromatic N) is 3. The molecule has 6 rings (SSSR count). The van der Waals surface area contributed by atoms with E-state index in [9.17, 15) is 4.79 Å². The van der Waals surface area contributed by atoms with Crippen molar-refractivity contribution in [1.82, 2.24) is 9.88 Å². The number of aryl methyl sites for hydroxylation is 2. The number of carbonyl (C=O) groups is 1. The van der Waals surface area contributed by atoms with Crippen molar-refractivity contribution in [2.45, 2.75) is 44.8 Å². The molecule has 2 aliphatic heterocycles. The number of methoxy groups -OCH3 is 2. The highest BCUT2D eigenvalue weighted by atomic mass is 16.5. The van der Waals surface area contributed by atoms with Crippen molar-refractivity contribution in [3.8, 4) is 11.5 Å². The molecule has 206 valence electrons. The number of ether oxygens (including phenoxy) is 4. The molecule has 0 radical (unpaired) electrons. The minimum absolute atomic E-state index is 0.0256. The molecule has 0 bridgehead atoms. The van der Waals surface area contributed by atoms with Gasteiger partial charge in [0.25, 0.3) is 5.91 Å². The Hall–Kier alpha value is -3.36. The van der Waals surface area contributed by atoms with Crippen molar-refractivity contribution in [1.29, 1.82) is 0 Å². The zero-order chi connectivity index (χ0) is 26.8. The number of amides is 1. The zero-order valence-electron chi connectivity index (χ0n) is 22.9. The van der Waals surface area contributed by atoms with E-state index in [0.29, 0.717) is 43.4 Å². The Labute approximate surface area is 229 Å². The number of morpholine rings is 1. The average Bonchev–Trinajstić information content (AvgIpc) is 3.67. The molecule has 0 saturated carbocycles. The van der Waals surface area contributed by atoms with E-state index in [4.69, 9.17) is 23.9 Å². The van der Waals surface area contributed by atoms with Gasteiger partial charge < -0.3 is 28.7 Å². The van der Waals surface area contributed by atoms with Gasteiger partial charge in [-0.05, 0) is 79.6 Å². The third-order valence-electron chi connectivity index (χ3n) is 8.12. The number of fused-ring (bicyclic) bond motifs is 2. The van der Waals surface area contributed by atoms with Gasteiger partial charge in [0.1, 0.15) is 5.82 Å². The molecule has 1 aliphatic carbocycles. The average molecular weight is 532 g/mol. The quantitative estimate of drug-likeness (QED) is 0.427. The maximum atomic E-state index is 14.0. The van der Waals surface area contributed by atoms with Gasteiger partial charge in [0.15, 0.2) is 11.5 Å². The van der Waals surface area contributed by atoms with E-state index in [1.54, 1.807) is 32.4 Å². The second-order valence-electron chi connectivity index (χ2n) is 10.6. The SMILES string of the molecule is COc1ccc(C(=O)N(Cc2cc3cc4c(cc3nc2N2CCOCC2)CCC4)CC2CCCO2)cc1OC. The monoisotopic (exact) mass is 531 g/mol. The summed E-state index contributed by atoms with van der Waals surface area (Å²) < 4.78 is 22.5. The zero-order valence-corrected chi connectivity index (χ0v) is 22.9. The van der Waals surface area contributed by atoms with Crippen LogP contribution in [-0.2, 0) is 28.9 Å². The van der Waals surface area contributed by atoms with Crippen LogP contribution in [0.1, 0.15) is 46.3 Å². The number of rotatable bonds is 8. The number of hydrogen-bond donors (Lipinski definition) is 0. The Balaban J connectivity index is 1.39. The molecule has 8 heteroatoms. The topological polar surface area (TPSA) is 73.4 Å². The molecule has 1 atom stereocenters. The van der Waals surface area contributed by atoms with Crippen molar-refractivity contribution in [2.24, 2.45) is 0 Å². The summed E-state index contributed by atoms with van der Waals surface area (Å²) in [4.78, 5) is 23.5. The van der Waals surface area contributed by atoms with Crippen LogP contribution in [0.2, 0.25) is 0 Å². The minimum atomic E-state index is -0.0616. The fourth-order valence-electron chi connectivity index (χ4n) is 6.06. The fraction of sp³-hybridized carbons (Fsp3) is 0.484. The highest BCUT2D eigenvalue weighted by Gasteiger charge is 2.27. The van der Waals surface area contributed by atoms with E-state index >= 15 is 0 Å². The van der Waals surface area contributed by atoms with E-state index in [1.807, 2.05) is 4.90 Å². The molecule has 3 aliphatic rings. The normalized spacial score (nSPS) is 18.8. The number of hydrogen-bond acceptors (Lipinski definition) is 7. The first-order valence-corrected chi connectivity index (χ1v) is 14.0. The van der Waals surface area contributed by atoms with Gasteiger partial charge in [0.05, 0.1) is 39.1 Å². The van der Waals surface area contributed by atoms with Crippen molar-refractivity contribution in [3.63, 3.8) is 0 Å². The molecule has 39 heavy (non-hydrogen) atoms. The summed E-state index contributed by atoms with van der Waals surface area (Å²) >= 11 is 0. The van der Waals surface area contributed by atoms with Gasteiger partial charge in [-0.3, -0.25) is 4.79 Å². The molecule has 1 unspecified atom stereocenters. The van der Waals surface area contributed by atoms with Crippen LogP contribution >= 0.6 is 0 Å². The molecule has 8 nitrogen and oxygen atoms in total. The first-order chi connectivity index (χ1) is 19.1. The van der Waals surface area contributed by atoms with Gasteiger partial charge in [0, 0.05) is 49.3 Å². The first-order valence-electron chi connectivity index (χ1n) is 14.0. The molecule has 0 N–H and O–H groups in total. The molecule has 2 aromatic carbocycles. The number of aromatic nitrogens is 1. The summed E-state index contributed by atoms with van der Waals surface area (Å²) in [5, 5.41) is 1.14. The van der Waals surface area contributed by atoms with Gasteiger partial charge >= 0.3 is 0 Å². The van der Waals surface area contributed by atoms with Crippen LogP contribution in [0.5, 0.6) is 11.5 Å². The summed E-state index contributed by atoms with van der Waals surface area (Å²) in [5.74, 6) is 2.02. The van der Waals surface area contributed by atoms with Crippen molar-refractivity contribution < 1.29 is 23.7 Å². The third kappa shape index (κ3) is 5.40. The highest BCUT2D eigenvalue weighted by Crippen LogP contribution is 2.33. The lowest BCUT2D eigenvalue weighted by Gasteiger charge is -2.32. The van der Waals surface area contributed by atoms with Gasteiger partial charge in [-0.25, -0.2) is 4.98 Å². The highest BCUT2D eigenvalue weighted by molar-refractivity contribution is 5.95. The first kappa shape index (κ1) is 25.9. The van der Waals surface area contributed by atoms with Crippen LogP contribution in [0.4, 0.5) is 5.82 Å². The van der Waals surface area contributed by atoms with E-state index in [0.717, 1.165) is 67.7 Å². The van der Waals surface area contributed by atoms with Crippen LogP contribution in [0.15, 0.2) is 36.4 Å². The summed E-state index contributed by atoms with van der Waals surface area (Å²) in [6.07, 6.45) is 5.44. The lowest BCUT2D eigenvalue weighted by Crippen LogP contribution is -2.40. The molecule has 3 aromatic rings. The predicted molar refractivity (Wildman–Crippen MR) is 150 cm³/mol. The van der Waals surface area contributed by atoms with E-state index in [2.05, 4.69) is 23.1 Å². The number of anilines is 1. The summed E-state index contributed by atoms with van der Waals surface area (Å²) in [5.41, 5.74) is 5.48. The summed E-state index contributed by atoms with van der Waals surface area (Å²) in [6.45, 7) is 4.63. The van der Waals surface area contributed by atoms with Crippen molar-refractivity contribution in [2.75, 3.05) is 58.6 Å². The molecule has 2 saturated heterocycles. The van der Waals surface area contributed by atoms with Gasteiger partial charge in [-0.1, -0.05) is 0 Å². The van der Waals surface area contributed by atoms with Crippen molar-refractivity contribution >= 4 is 22.6 Å². The van der Waals surface area contributed by atoms with Gasteiger partial charge in [-0.15, -0.1) is 0 Å². The number of pyridine rings is 1. The Morgan fingerprint density at radius 3 is 2.54 bits per heavy atom. The maximum Gasteiger partial charge on any atom is 0.254 e. The standard InChI is InChI=1S/C31H37N3O5/c1-36-28-9-8-23(18-29(28)37-2)31(35)34(20-26-7-4-12-39-26)19-25-16-24-15-21-5-3-6-22(21)17-27(24)32-30(25)33-10-13-38-14-11-33/h8-9,15-18,26H,3-7,10-14,19-20H2,1-2H3. The summed E-state index contributed by atoms with van der Waals surface area (Å²) in [6, 6.07) is 12.2. The Morgan fingerprint density at radius 2 is 1.79 bits per heavy atom. The van der Waals surface area contributed by atoms with Gasteiger partial charge in [-0.2, -0.15) is 0 Å². The minimum Gasteiger partial charge on any atom is -0.493 e. The van der Waals surface area contributed by atoms with Crippen LogP contribution in [0.3, 0.4) is 0 Å². The molecule has 1 aromatic heterocycles. The van der Waals surface area contributed by atoms with Crippen LogP contribution < -0.4 is 14.4 Å². The van der Waals surface area contributed by atoms with Crippen LogP contribution in [-0.4, -0.2) is 75.6 Å². The van der Waals surface area contributed by atoms with E-state index in [-0.39, 0.29) is 12.0 Å². The molecule has 1 amide bonds.